The van der Waals surface area contributed by atoms with Gasteiger partial charge in [-0.15, -0.1) is 0 Å². The molecule has 0 bridgehead atoms. The van der Waals surface area contributed by atoms with Crippen LogP contribution < -0.4 is 10.1 Å². The number of nitrogens with zero attached hydrogens (tertiary/aromatic N) is 2. The van der Waals surface area contributed by atoms with Gasteiger partial charge in [0, 0.05) is 13.1 Å². The van der Waals surface area contributed by atoms with Crippen LogP contribution in [0, 0.1) is 12.8 Å². The van der Waals surface area contributed by atoms with Gasteiger partial charge in [0.15, 0.2) is 0 Å². The summed E-state index contributed by atoms with van der Waals surface area (Å²) in [7, 11) is 1.65. The number of anilines is 2. The molecular weight excluding hydrogens is 314 g/mol. The Hall–Kier alpha value is -2.56. The van der Waals surface area contributed by atoms with E-state index >= 15 is 0 Å². The fourth-order valence-corrected chi connectivity index (χ4v) is 3.04. The molecule has 2 heterocycles. The Morgan fingerprint density at radius 3 is 2.64 bits per heavy atom. The highest BCUT2D eigenvalue weighted by Gasteiger charge is 2.22. The van der Waals surface area contributed by atoms with E-state index in [-0.39, 0.29) is 5.91 Å². The molecule has 0 saturated carbocycles. The van der Waals surface area contributed by atoms with E-state index in [1.807, 2.05) is 36.1 Å². The lowest BCUT2D eigenvalue weighted by molar-refractivity contribution is 0.0691. The number of rotatable bonds is 4. The lowest BCUT2D eigenvalue weighted by Gasteiger charge is -2.30. The number of hydrogen-bond acceptors (Lipinski definition) is 4. The zero-order valence-electron chi connectivity index (χ0n) is 15.1. The first kappa shape index (κ1) is 17.3. The normalized spacial score (nSPS) is 15.1. The van der Waals surface area contributed by atoms with Gasteiger partial charge in [0.2, 0.25) is 0 Å². The van der Waals surface area contributed by atoms with Crippen LogP contribution in [0.5, 0.6) is 5.75 Å². The van der Waals surface area contributed by atoms with Gasteiger partial charge in [-0.3, -0.25) is 4.79 Å². The third kappa shape index (κ3) is 4.10. The average molecular weight is 339 g/mol. The maximum absolute atomic E-state index is 12.5. The molecule has 25 heavy (non-hydrogen) atoms. The summed E-state index contributed by atoms with van der Waals surface area (Å²) in [6.45, 7) is 5.91. The second kappa shape index (κ2) is 7.55. The highest BCUT2D eigenvalue weighted by Crippen LogP contribution is 2.28. The fraction of sp³-hybridized carbons (Fsp3) is 0.400. The Balaban J connectivity index is 1.70. The van der Waals surface area contributed by atoms with E-state index in [9.17, 15) is 4.79 Å². The molecule has 0 spiro atoms. The number of amides is 1. The van der Waals surface area contributed by atoms with Gasteiger partial charge in [-0.1, -0.05) is 13.0 Å². The summed E-state index contributed by atoms with van der Waals surface area (Å²) < 4.78 is 5.38. The molecule has 1 amide bonds. The van der Waals surface area contributed by atoms with E-state index in [2.05, 4.69) is 17.2 Å². The van der Waals surface area contributed by atoms with E-state index in [1.54, 1.807) is 19.4 Å². The Morgan fingerprint density at radius 1 is 1.24 bits per heavy atom. The van der Waals surface area contributed by atoms with Crippen LogP contribution in [0.25, 0.3) is 0 Å². The van der Waals surface area contributed by atoms with E-state index in [1.165, 1.54) is 0 Å². The van der Waals surface area contributed by atoms with Crippen LogP contribution >= 0.6 is 0 Å². The van der Waals surface area contributed by atoms with Crippen molar-refractivity contribution >= 4 is 17.3 Å². The first-order valence-electron chi connectivity index (χ1n) is 8.74. The largest absolute Gasteiger partial charge is 0.495 e. The van der Waals surface area contributed by atoms with E-state index in [4.69, 9.17) is 4.74 Å². The topological polar surface area (TPSA) is 54.5 Å². The summed E-state index contributed by atoms with van der Waals surface area (Å²) >= 11 is 0. The van der Waals surface area contributed by atoms with Gasteiger partial charge in [0.05, 0.1) is 24.7 Å². The first-order chi connectivity index (χ1) is 12.1. The molecule has 0 aliphatic carbocycles. The van der Waals surface area contributed by atoms with Gasteiger partial charge in [0.25, 0.3) is 5.91 Å². The Bertz CT molecular complexity index is 735. The molecule has 0 atom stereocenters. The Labute approximate surface area is 149 Å². The number of benzene rings is 1. The number of piperidine rings is 1. The molecule has 1 aromatic heterocycles. The van der Waals surface area contributed by atoms with Crippen molar-refractivity contribution in [3.63, 3.8) is 0 Å². The van der Waals surface area contributed by atoms with Crippen LogP contribution in [-0.2, 0) is 0 Å². The van der Waals surface area contributed by atoms with Crippen LogP contribution in [-0.4, -0.2) is 36.0 Å². The molecule has 2 aromatic rings. The molecule has 1 N–H and O–H groups in total. The van der Waals surface area contributed by atoms with Gasteiger partial charge < -0.3 is 15.0 Å². The van der Waals surface area contributed by atoms with E-state index in [0.29, 0.717) is 11.6 Å². The van der Waals surface area contributed by atoms with Crippen molar-refractivity contribution in [1.82, 2.24) is 9.88 Å². The zero-order chi connectivity index (χ0) is 17.8. The molecule has 5 heteroatoms. The van der Waals surface area contributed by atoms with E-state index in [0.717, 1.165) is 48.6 Å². The lowest BCUT2D eigenvalue weighted by atomic mass is 9.99. The number of nitrogens with one attached hydrogen (secondary N) is 1. The molecule has 1 aliphatic heterocycles. The summed E-state index contributed by atoms with van der Waals surface area (Å²) in [5.41, 5.74) is 3.35. The van der Waals surface area contributed by atoms with Gasteiger partial charge >= 0.3 is 0 Å². The highest BCUT2D eigenvalue weighted by atomic mass is 16.5. The number of pyridine rings is 1. The number of likely N-dealkylation sites (tertiary alicyclic amines) is 1. The molecule has 0 radical (unpaired) electrons. The maximum atomic E-state index is 12.5. The number of carbonyl (C=O) groups is 1. The summed E-state index contributed by atoms with van der Waals surface area (Å²) in [5.74, 6) is 1.49. The third-order valence-corrected chi connectivity index (χ3v) is 4.69. The first-order valence-corrected chi connectivity index (χ1v) is 8.74. The summed E-state index contributed by atoms with van der Waals surface area (Å²) in [5, 5.41) is 3.30. The van der Waals surface area contributed by atoms with Gasteiger partial charge in [-0.05, 0) is 55.5 Å². The van der Waals surface area contributed by atoms with Crippen molar-refractivity contribution in [3.05, 3.63) is 47.8 Å². The minimum Gasteiger partial charge on any atom is -0.495 e. The lowest BCUT2D eigenvalue weighted by Crippen LogP contribution is -2.38. The third-order valence-electron chi connectivity index (χ3n) is 4.69. The minimum atomic E-state index is 0.0200. The Kier molecular flexibility index (Phi) is 5.22. The summed E-state index contributed by atoms with van der Waals surface area (Å²) in [4.78, 5) is 18.8. The number of ether oxygens (including phenoxy) is 1. The molecule has 1 aromatic carbocycles. The average Bonchev–Trinajstić information content (AvgIpc) is 2.63. The molecule has 1 aliphatic rings. The second-order valence-corrected chi connectivity index (χ2v) is 6.74. The molecule has 5 nitrogen and oxygen atoms in total. The number of aromatic nitrogens is 1. The fourth-order valence-electron chi connectivity index (χ4n) is 3.04. The predicted octanol–water partition coefficient (Wildman–Crippen LogP) is 4.01. The standard InChI is InChI=1S/C20H25N3O2/c1-14-8-10-23(11-9-14)20(24)17-6-5-16(13-21-17)22-18-12-15(2)4-7-19(18)25-3/h4-7,12-14,22H,8-11H2,1-3H3. The minimum absolute atomic E-state index is 0.0200. The smallest absolute Gasteiger partial charge is 0.272 e. The molecule has 3 rings (SSSR count). The molecule has 1 saturated heterocycles. The van der Waals surface area contributed by atoms with Gasteiger partial charge in [-0.25, -0.2) is 4.98 Å². The van der Waals surface area contributed by atoms with Crippen LogP contribution in [0.15, 0.2) is 36.5 Å². The van der Waals surface area contributed by atoms with Gasteiger partial charge in [-0.2, -0.15) is 0 Å². The van der Waals surface area contributed by atoms with Crippen LogP contribution in [0.4, 0.5) is 11.4 Å². The number of carbonyl (C=O) groups excluding carboxylic acids is 1. The van der Waals surface area contributed by atoms with Crippen LogP contribution in [0.1, 0.15) is 35.8 Å². The van der Waals surface area contributed by atoms with Crippen molar-refractivity contribution in [1.29, 1.82) is 0 Å². The van der Waals surface area contributed by atoms with Crippen molar-refractivity contribution < 1.29 is 9.53 Å². The van der Waals surface area contributed by atoms with Crippen molar-refractivity contribution in [3.8, 4) is 5.75 Å². The van der Waals surface area contributed by atoms with Crippen molar-refractivity contribution in [2.24, 2.45) is 5.92 Å². The monoisotopic (exact) mass is 339 g/mol. The van der Waals surface area contributed by atoms with Crippen molar-refractivity contribution in [2.45, 2.75) is 26.7 Å². The summed E-state index contributed by atoms with van der Waals surface area (Å²) in [6, 6.07) is 9.62. The second-order valence-electron chi connectivity index (χ2n) is 6.74. The molecular formula is C20H25N3O2. The van der Waals surface area contributed by atoms with E-state index < -0.39 is 0 Å². The van der Waals surface area contributed by atoms with Gasteiger partial charge in [0.1, 0.15) is 11.4 Å². The highest BCUT2D eigenvalue weighted by molar-refractivity contribution is 5.92. The SMILES string of the molecule is COc1ccc(C)cc1Nc1ccc(C(=O)N2CCC(C)CC2)nc1. The molecule has 132 valence electrons. The predicted molar refractivity (Wildman–Crippen MR) is 99.6 cm³/mol. The van der Waals surface area contributed by atoms with Crippen molar-refractivity contribution in [2.75, 3.05) is 25.5 Å². The van der Waals surface area contributed by atoms with Crippen LogP contribution in [0.3, 0.4) is 0 Å². The molecule has 1 fully saturated rings. The maximum Gasteiger partial charge on any atom is 0.272 e. The number of hydrogen-bond donors (Lipinski definition) is 1. The quantitative estimate of drug-likeness (QED) is 0.914. The summed E-state index contributed by atoms with van der Waals surface area (Å²) in [6.07, 6.45) is 3.83. The zero-order valence-corrected chi connectivity index (χ0v) is 15.1. The number of methoxy groups -OCH3 is 1. The van der Waals surface area contributed by atoms with Crippen LogP contribution in [0.2, 0.25) is 0 Å². The Morgan fingerprint density at radius 2 is 2.00 bits per heavy atom. The number of aryl methyl sites for hydroxylation is 1. The molecule has 0 unspecified atom stereocenters.